The van der Waals surface area contributed by atoms with Gasteiger partial charge in [0.05, 0.1) is 18.6 Å². The zero-order valence-corrected chi connectivity index (χ0v) is 10.7. The molecule has 0 saturated carbocycles. The predicted octanol–water partition coefficient (Wildman–Crippen LogP) is 3.20. The van der Waals surface area contributed by atoms with Crippen molar-refractivity contribution < 1.29 is 0 Å². The van der Waals surface area contributed by atoms with Crippen LogP contribution in [0.15, 0.2) is 24.5 Å². The molecule has 90 valence electrons. The second-order valence-corrected chi connectivity index (χ2v) is 4.29. The Kier molecular flexibility index (Phi) is 3.47. The highest BCUT2D eigenvalue weighted by molar-refractivity contribution is 5.57. The second kappa shape index (κ2) is 5.04. The zero-order valence-electron chi connectivity index (χ0n) is 10.7. The highest BCUT2D eigenvalue weighted by Crippen LogP contribution is 2.21. The molecule has 17 heavy (non-hydrogen) atoms. The number of para-hydroxylation sites is 1. The number of H-pyrrole nitrogens is 1. The molecule has 1 aromatic carbocycles. The van der Waals surface area contributed by atoms with Crippen LogP contribution in [0.2, 0.25) is 0 Å². The third-order valence-corrected chi connectivity index (χ3v) is 3.11. The molecular weight excluding hydrogens is 210 g/mol. The van der Waals surface area contributed by atoms with Gasteiger partial charge in [0.25, 0.3) is 0 Å². The number of hydrogen-bond donors (Lipinski definition) is 2. The summed E-state index contributed by atoms with van der Waals surface area (Å²) in [7, 11) is 0. The Morgan fingerprint density at radius 1 is 1.29 bits per heavy atom. The maximum atomic E-state index is 4.30. The topological polar surface area (TPSA) is 40.7 Å². The van der Waals surface area contributed by atoms with Gasteiger partial charge in [0, 0.05) is 11.4 Å². The number of aryl methyl sites for hydroxylation is 3. The lowest BCUT2D eigenvalue weighted by atomic mass is 10.1. The van der Waals surface area contributed by atoms with Crippen LogP contribution in [0.1, 0.15) is 29.4 Å². The van der Waals surface area contributed by atoms with Gasteiger partial charge in [-0.15, -0.1) is 0 Å². The minimum Gasteiger partial charge on any atom is -0.379 e. The Labute approximate surface area is 102 Å². The van der Waals surface area contributed by atoms with Crippen molar-refractivity contribution in [3.63, 3.8) is 0 Å². The van der Waals surface area contributed by atoms with Gasteiger partial charge in [0.15, 0.2) is 0 Å². The lowest BCUT2D eigenvalue weighted by molar-refractivity contribution is 1.03. The number of benzene rings is 1. The third-order valence-electron chi connectivity index (χ3n) is 3.11. The van der Waals surface area contributed by atoms with Crippen LogP contribution < -0.4 is 5.32 Å². The minimum absolute atomic E-state index is 0.771. The van der Waals surface area contributed by atoms with Gasteiger partial charge in [-0.3, -0.25) is 0 Å². The number of anilines is 1. The van der Waals surface area contributed by atoms with Crippen molar-refractivity contribution in [1.29, 1.82) is 0 Å². The van der Waals surface area contributed by atoms with Crippen molar-refractivity contribution in [3.05, 3.63) is 47.0 Å². The highest BCUT2D eigenvalue weighted by Gasteiger charge is 2.05. The number of imidazole rings is 1. The summed E-state index contributed by atoms with van der Waals surface area (Å²) in [5, 5.41) is 3.49. The normalized spacial score (nSPS) is 10.5. The lowest BCUT2D eigenvalue weighted by Crippen LogP contribution is -2.05. The standard InChI is InChI=1S/C14H19N3/c1-4-12-7-5-6-10(2)14(12)15-8-13-11(3)16-9-17-13/h5-7,9,15H,4,8H2,1-3H3,(H,16,17). The fraction of sp³-hybridized carbons (Fsp3) is 0.357. The van der Waals surface area contributed by atoms with Crippen molar-refractivity contribution in [3.8, 4) is 0 Å². The molecule has 3 nitrogen and oxygen atoms in total. The number of rotatable bonds is 4. The first-order valence-corrected chi connectivity index (χ1v) is 6.03. The van der Waals surface area contributed by atoms with Crippen LogP contribution in [-0.2, 0) is 13.0 Å². The van der Waals surface area contributed by atoms with Crippen molar-refractivity contribution in [1.82, 2.24) is 9.97 Å². The SMILES string of the molecule is CCc1cccc(C)c1NCc1nc[nH]c1C. The maximum absolute atomic E-state index is 4.30. The van der Waals surface area contributed by atoms with E-state index in [2.05, 4.69) is 47.3 Å². The quantitative estimate of drug-likeness (QED) is 0.845. The largest absolute Gasteiger partial charge is 0.379 e. The van der Waals surface area contributed by atoms with Crippen LogP contribution in [0, 0.1) is 13.8 Å². The number of aromatic amines is 1. The Morgan fingerprint density at radius 2 is 2.12 bits per heavy atom. The summed E-state index contributed by atoms with van der Waals surface area (Å²) in [5.74, 6) is 0. The predicted molar refractivity (Wildman–Crippen MR) is 71.2 cm³/mol. The fourth-order valence-corrected chi connectivity index (χ4v) is 2.01. The zero-order chi connectivity index (χ0) is 12.3. The molecule has 2 rings (SSSR count). The van der Waals surface area contributed by atoms with E-state index in [1.165, 1.54) is 16.8 Å². The summed E-state index contributed by atoms with van der Waals surface area (Å²) >= 11 is 0. The molecule has 0 aliphatic carbocycles. The average Bonchev–Trinajstić information content (AvgIpc) is 2.73. The van der Waals surface area contributed by atoms with Gasteiger partial charge < -0.3 is 10.3 Å². The van der Waals surface area contributed by atoms with Crippen LogP contribution in [0.4, 0.5) is 5.69 Å². The van der Waals surface area contributed by atoms with Gasteiger partial charge in [0.2, 0.25) is 0 Å². The van der Waals surface area contributed by atoms with Crippen molar-refractivity contribution in [2.45, 2.75) is 33.7 Å². The first-order chi connectivity index (χ1) is 8.22. The number of hydrogen-bond acceptors (Lipinski definition) is 2. The first-order valence-electron chi connectivity index (χ1n) is 6.03. The second-order valence-electron chi connectivity index (χ2n) is 4.29. The van der Waals surface area contributed by atoms with Gasteiger partial charge in [-0.05, 0) is 31.4 Å². The molecule has 0 saturated heterocycles. The summed E-state index contributed by atoms with van der Waals surface area (Å²) in [5.41, 5.74) is 6.10. The molecule has 1 aromatic heterocycles. The Balaban J connectivity index is 2.16. The van der Waals surface area contributed by atoms with E-state index in [1.54, 1.807) is 6.33 Å². The molecule has 2 aromatic rings. The molecule has 0 fully saturated rings. The molecule has 0 aliphatic heterocycles. The van der Waals surface area contributed by atoms with E-state index in [4.69, 9.17) is 0 Å². The van der Waals surface area contributed by atoms with Crippen LogP contribution in [0.3, 0.4) is 0 Å². The minimum atomic E-state index is 0.771. The van der Waals surface area contributed by atoms with E-state index in [0.717, 1.165) is 24.4 Å². The summed E-state index contributed by atoms with van der Waals surface area (Å²) in [6.07, 6.45) is 2.79. The Hall–Kier alpha value is -1.77. The summed E-state index contributed by atoms with van der Waals surface area (Å²) in [6.45, 7) is 7.13. The van der Waals surface area contributed by atoms with E-state index in [-0.39, 0.29) is 0 Å². The van der Waals surface area contributed by atoms with Crippen molar-refractivity contribution in [2.24, 2.45) is 0 Å². The summed E-state index contributed by atoms with van der Waals surface area (Å²) in [4.78, 5) is 7.39. The van der Waals surface area contributed by atoms with Crippen molar-refractivity contribution >= 4 is 5.69 Å². The van der Waals surface area contributed by atoms with Gasteiger partial charge in [0.1, 0.15) is 0 Å². The van der Waals surface area contributed by atoms with Crippen LogP contribution >= 0.6 is 0 Å². The van der Waals surface area contributed by atoms with Crippen LogP contribution in [0.25, 0.3) is 0 Å². The molecule has 0 spiro atoms. The maximum Gasteiger partial charge on any atom is 0.0925 e. The van der Waals surface area contributed by atoms with Gasteiger partial charge in [-0.2, -0.15) is 0 Å². The van der Waals surface area contributed by atoms with Crippen LogP contribution in [0.5, 0.6) is 0 Å². The third kappa shape index (κ3) is 2.49. The summed E-state index contributed by atoms with van der Waals surface area (Å²) in [6, 6.07) is 6.42. The molecule has 1 heterocycles. The molecule has 2 N–H and O–H groups in total. The highest BCUT2D eigenvalue weighted by atomic mass is 14.9. The summed E-state index contributed by atoms with van der Waals surface area (Å²) < 4.78 is 0. The molecular formula is C14H19N3. The first kappa shape index (κ1) is 11.7. The number of nitrogens with one attached hydrogen (secondary N) is 2. The molecule has 0 unspecified atom stereocenters. The van der Waals surface area contributed by atoms with Crippen LogP contribution in [-0.4, -0.2) is 9.97 Å². The van der Waals surface area contributed by atoms with E-state index in [1.807, 2.05) is 6.92 Å². The average molecular weight is 229 g/mol. The Morgan fingerprint density at radius 3 is 2.76 bits per heavy atom. The molecule has 0 radical (unpaired) electrons. The fourth-order valence-electron chi connectivity index (χ4n) is 2.01. The van der Waals surface area contributed by atoms with E-state index < -0.39 is 0 Å². The van der Waals surface area contributed by atoms with Gasteiger partial charge in [-0.1, -0.05) is 25.1 Å². The van der Waals surface area contributed by atoms with E-state index in [9.17, 15) is 0 Å². The molecule has 0 atom stereocenters. The van der Waals surface area contributed by atoms with Gasteiger partial charge in [-0.25, -0.2) is 4.98 Å². The van der Waals surface area contributed by atoms with E-state index >= 15 is 0 Å². The van der Waals surface area contributed by atoms with E-state index in [0.29, 0.717) is 0 Å². The lowest BCUT2D eigenvalue weighted by Gasteiger charge is -2.13. The molecule has 0 bridgehead atoms. The molecule has 0 aliphatic rings. The number of nitrogens with zero attached hydrogens (tertiary/aromatic N) is 1. The molecule has 3 heteroatoms. The Bertz CT molecular complexity index is 500. The smallest absolute Gasteiger partial charge is 0.0925 e. The monoisotopic (exact) mass is 229 g/mol. The van der Waals surface area contributed by atoms with Gasteiger partial charge >= 0.3 is 0 Å². The van der Waals surface area contributed by atoms with Crippen molar-refractivity contribution in [2.75, 3.05) is 5.32 Å². The number of aromatic nitrogens is 2. The molecule has 0 amide bonds.